The smallest absolute Gasteiger partial charge is 0.280 e. The molecule has 0 aromatic carbocycles. The van der Waals surface area contributed by atoms with Crippen LogP contribution in [0.5, 0.6) is 0 Å². The molecule has 0 saturated carbocycles. The van der Waals surface area contributed by atoms with E-state index in [0.29, 0.717) is 5.70 Å². The van der Waals surface area contributed by atoms with E-state index in [1.165, 1.54) is 10.9 Å². The summed E-state index contributed by atoms with van der Waals surface area (Å²) >= 11 is 0. The number of H-pyrrole nitrogens is 1. The topological polar surface area (TPSA) is 172 Å². The van der Waals surface area contributed by atoms with E-state index in [1.54, 1.807) is 14.0 Å². The molecule has 1 saturated heterocycles. The van der Waals surface area contributed by atoms with Crippen LogP contribution in [0.1, 0.15) is 13.2 Å². The Morgan fingerprint density at radius 1 is 1.46 bits per heavy atom. The molecule has 1 aliphatic rings. The first-order chi connectivity index (χ1) is 11.3. The summed E-state index contributed by atoms with van der Waals surface area (Å²) in [6, 6.07) is 0. The molecule has 7 N–H and O–H groups in total. The first-order valence-electron chi connectivity index (χ1n) is 7.16. The maximum absolute atomic E-state index is 11.8. The summed E-state index contributed by atoms with van der Waals surface area (Å²) < 4.78 is 6.87. The lowest BCUT2D eigenvalue weighted by molar-refractivity contribution is -0.0346. The molecular weight excluding hydrogens is 320 g/mol. The number of fused-ring (bicyclic) bond motifs is 1. The Kier molecular flexibility index (Phi) is 3.91. The molecular formula is C13H18N6O5. The predicted molar refractivity (Wildman–Crippen MR) is 82.9 cm³/mol. The third-order valence-electron chi connectivity index (χ3n) is 3.99. The van der Waals surface area contributed by atoms with E-state index < -0.39 is 30.1 Å². The van der Waals surface area contributed by atoms with Gasteiger partial charge in [0.25, 0.3) is 5.56 Å². The van der Waals surface area contributed by atoms with Gasteiger partial charge in [0, 0.05) is 12.7 Å². The van der Waals surface area contributed by atoms with E-state index in [2.05, 4.69) is 20.3 Å². The van der Waals surface area contributed by atoms with Crippen LogP contribution in [-0.4, -0.2) is 60.2 Å². The third kappa shape index (κ3) is 2.38. The number of hydrogen-bond donors (Lipinski definition) is 6. The zero-order valence-electron chi connectivity index (χ0n) is 13.0. The van der Waals surface area contributed by atoms with Gasteiger partial charge in [-0.25, -0.2) is 4.98 Å². The Labute approximate surface area is 135 Å². The quantitative estimate of drug-likeness (QED) is 0.358. The fourth-order valence-electron chi connectivity index (χ4n) is 2.59. The van der Waals surface area contributed by atoms with E-state index in [1.807, 2.05) is 0 Å². The number of aliphatic hydroxyl groups excluding tert-OH is 3. The van der Waals surface area contributed by atoms with Crippen molar-refractivity contribution in [2.24, 2.45) is 0 Å². The fraction of sp³-hybridized carbons (Fsp3) is 0.462. The van der Waals surface area contributed by atoms with Crippen LogP contribution in [0, 0.1) is 0 Å². The van der Waals surface area contributed by atoms with Crippen LogP contribution in [-0.2, 0) is 4.74 Å². The summed E-state index contributed by atoms with van der Waals surface area (Å²) in [4.78, 5) is 22.0. The minimum Gasteiger partial charge on any atom is -0.508 e. The number of aliphatic hydroxyl groups is 3. The van der Waals surface area contributed by atoms with Gasteiger partial charge in [-0.15, -0.1) is 0 Å². The molecule has 0 aliphatic carbocycles. The number of hydrogen-bond acceptors (Lipinski definition) is 9. The fourth-order valence-corrected chi connectivity index (χ4v) is 2.59. The van der Waals surface area contributed by atoms with E-state index in [-0.39, 0.29) is 22.9 Å². The van der Waals surface area contributed by atoms with E-state index in [0.717, 1.165) is 0 Å². The molecule has 24 heavy (non-hydrogen) atoms. The monoisotopic (exact) mass is 338 g/mol. The molecule has 4 atom stereocenters. The predicted octanol–water partition coefficient (Wildman–Crippen LogP) is -1.67. The summed E-state index contributed by atoms with van der Waals surface area (Å²) in [7, 11) is 1.60. The second kappa shape index (κ2) is 5.78. The van der Waals surface area contributed by atoms with Gasteiger partial charge in [0.2, 0.25) is 5.95 Å². The minimum atomic E-state index is -1.38. The Bertz CT molecular complexity index is 858. The molecule has 0 radical (unpaired) electrons. The molecule has 3 rings (SSSR count). The highest BCUT2D eigenvalue weighted by molar-refractivity contribution is 5.70. The van der Waals surface area contributed by atoms with Gasteiger partial charge >= 0.3 is 0 Å². The van der Waals surface area contributed by atoms with E-state index in [9.17, 15) is 20.1 Å². The van der Waals surface area contributed by atoms with Gasteiger partial charge in [-0.05, 0) is 6.92 Å². The van der Waals surface area contributed by atoms with Crippen molar-refractivity contribution in [1.82, 2.24) is 24.8 Å². The molecule has 2 aromatic rings. The number of imidazole rings is 1. The van der Waals surface area contributed by atoms with Gasteiger partial charge in [-0.2, -0.15) is 4.98 Å². The number of nitrogens with two attached hydrogens (primary N) is 1. The van der Waals surface area contributed by atoms with Crippen molar-refractivity contribution in [2.75, 3.05) is 12.8 Å². The SMILES string of the molecule is CNC(C)=C(O)[C@H]1O[C@@H](n2cnc3c(=O)[nH]c(N)nc32)[C@H](O)[C@@H]1O. The molecule has 11 heteroatoms. The van der Waals surface area contributed by atoms with Gasteiger partial charge in [-0.1, -0.05) is 0 Å². The molecule has 0 amide bonds. The van der Waals surface area contributed by atoms with Gasteiger partial charge < -0.3 is 31.1 Å². The maximum atomic E-state index is 11.8. The van der Waals surface area contributed by atoms with Crippen LogP contribution < -0.4 is 16.6 Å². The number of nitrogens with one attached hydrogen (secondary N) is 2. The lowest BCUT2D eigenvalue weighted by atomic mass is 10.1. The zero-order chi connectivity index (χ0) is 17.6. The maximum Gasteiger partial charge on any atom is 0.280 e. The summed E-state index contributed by atoms with van der Waals surface area (Å²) in [5.41, 5.74) is 5.50. The highest BCUT2D eigenvalue weighted by atomic mass is 16.6. The molecule has 130 valence electrons. The number of anilines is 1. The summed E-state index contributed by atoms with van der Waals surface area (Å²) in [5, 5.41) is 33.3. The van der Waals surface area contributed by atoms with Crippen LogP contribution in [0.4, 0.5) is 5.95 Å². The lowest BCUT2D eigenvalue weighted by Crippen LogP contribution is -2.33. The number of nitrogen functional groups attached to an aromatic ring is 1. The molecule has 0 spiro atoms. The average Bonchev–Trinajstić information content (AvgIpc) is 3.08. The number of aromatic nitrogens is 4. The van der Waals surface area contributed by atoms with Crippen molar-refractivity contribution in [2.45, 2.75) is 31.5 Å². The molecule has 0 unspecified atom stereocenters. The van der Waals surface area contributed by atoms with E-state index in [4.69, 9.17) is 10.5 Å². The number of nitrogens with zero attached hydrogens (tertiary/aromatic N) is 3. The molecule has 3 heterocycles. The van der Waals surface area contributed by atoms with Crippen LogP contribution >= 0.6 is 0 Å². The van der Waals surface area contributed by atoms with Crippen LogP contribution in [0.25, 0.3) is 11.2 Å². The largest absolute Gasteiger partial charge is 0.508 e. The molecule has 0 bridgehead atoms. The van der Waals surface area contributed by atoms with E-state index >= 15 is 0 Å². The van der Waals surface area contributed by atoms with Crippen LogP contribution in [0.2, 0.25) is 0 Å². The highest BCUT2D eigenvalue weighted by Gasteiger charge is 2.46. The molecule has 11 nitrogen and oxygen atoms in total. The highest BCUT2D eigenvalue weighted by Crippen LogP contribution is 2.34. The number of aromatic amines is 1. The Morgan fingerprint density at radius 3 is 2.83 bits per heavy atom. The number of rotatable bonds is 3. The van der Waals surface area contributed by atoms with Gasteiger partial charge in [0.1, 0.15) is 24.1 Å². The number of allylic oxidation sites excluding steroid dienone is 1. The summed E-state index contributed by atoms with van der Waals surface area (Å²) in [6.45, 7) is 1.60. The normalized spacial score (nSPS) is 28.2. The second-order valence-corrected chi connectivity index (χ2v) is 5.46. The van der Waals surface area contributed by atoms with Crippen LogP contribution in [0.3, 0.4) is 0 Å². The first kappa shape index (κ1) is 16.2. The van der Waals surface area contributed by atoms with Crippen molar-refractivity contribution in [3.63, 3.8) is 0 Å². The zero-order valence-corrected chi connectivity index (χ0v) is 13.0. The van der Waals surface area contributed by atoms with Crippen molar-refractivity contribution >= 4 is 17.1 Å². The molecule has 1 fully saturated rings. The molecule has 1 aliphatic heterocycles. The second-order valence-electron chi connectivity index (χ2n) is 5.46. The average molecular weight is 338 g/mol. The lowest BCUT2D eigenvalue weighted by Gasteiger charge is -2.16. The van der Waals surface area contributed by atoms with Crippen LogP contribution in [0.15, 0.2) is 22.6 Å². The van der Waals surface area contributed by atoms with Gasteiger partial charge in [-0.3, -0.25) is 14.3 Å². The Morgan fingerprint density at radius 2 is 2.17 bits per heavy atom. The number of ether oxygens (including phenoxy) is 1. The Hall–Kier alpha value is -2.63. The summed E-state index contributed by atoms with van der Waals surface area (Å²) in [6.07, 6.45) is -3.75. The van der Waals surface area contributed by atoms with Crippen molar-refractivity contribution in [3.05, 3.63) is 28.1 Å². The third-order valence-corrected chi connectivity index (χ3v) is 3.99. The standard InChI is InChI=1S/C13H18N6O5/c1-4(15-2)6(20)9-7(21)8(22)12(24-9)19-3-16-5-10(19)17-13(14)18-11(5)23/h3,7-9,12,15,20-22H,1-2H3,(H3,14,17,18,23)/t7-,8+,9+,12+/m0/s1. The molecule has 2 aromatic heterocycles. The Balaban J connectivity index is 2.04. The van der Waals surface area contributed by atoms with Crippen molar-refractivity contribution in [1.29, 1.82) is 0 Å². The van der Waals surface area contributed by atoms with Gasteiger partial charge in [0.15, 0.2) is 17.4 Å². The van der Waals surface area contributed by atoms with Crippen molar-refractivity contribution in [3.8, 4) is 0 Å². The first-order valence-corrected chi connectivity index (χ1v) is 7.16. The summed E-state index contributed by atoms with van der Waals surface area (Å²) in [5.74, 6) is -0.353. The van der Waals surface area contributed by atoms with Crippen molar-refractivity contribution < 1.29 is 20.1 Å². The minimum absolute atomic E-state index is 0.0177. The van der Waals surface area contributed by atoms with Gasteiger partial charge in [0.05, 0.1) is 6.33 Å².